The number of carbonyl (C=O) groups excluding carboxylic acids is 1. The summed E-state index contributed by atoms with van der Waals surface area (Å²) in [6.07, 6.45) is 5.75. The van der Waals surface area contributed by atoms with Gasteiger partial charge in [-0.15, -0.1) is 0 Å². The lowest BCUT2D eigenvalue weighted by Crippen LogP contribution is -2.35. The number of benzene rings is 1. The third-order valence-electron chi connectivity index (χ3n) is 6.61. The molecule has 158 valence electrons. The van der Waals surface area contributed by atoms with E-state index in [1.54, 1.807) is 0 Å². The number of hydrogen-bond acceptors (Lipinski definition) is 6. The van der Waals surface area contributed by atoms with Crippen LogP contribution in [0.1, 0.15) is 36.8 Å². The third-order valence-corrected chi connectivity index (χ3v) is 7.99. The molecule has 2 bridgehead atoms. The number of carbonyl (C=O) groups is 1. The van der Waals surface area contributed by atoms with Crippen molar-refractivity contribution in [2.75, 3.05) is 23.9 Å². The molecule has 8 nitrogen and oxygen atoms in total. The van der Waals surface area contributed by atoms with Crippen molar-refractivity contribution in [1.82, 2.24) is 9.62 Å². The number of nitrogens with zero attached hydrogens (tertiary/aromatic N) is 2. The number of anilines is 1. The summed E-state index contributed by atoms with van der Waals surface area (Å²) in [5.41, 5.74) is 0.618. The van der Waals surface area contributed by atoms with Crippen LogP contribution in [0.3, 0.4) is 0 Å². The van der Waals surface area contributed by atoms with Crippen molar-refractivity contribution in [3.05, 3.63) is 23.0 Å². The van der Waals surface area contributed by atoms with Crippen LogP contribution in [-0.2, 0) is 32.7 Å². The zero-order valence-electron chi connectivity index (χ0n) is 15.9. The number of fused-ring (bicyclic) bond motifs is 3. The summed E-state index contributed by atoms with van der Waals surface area (Å²) < 4.78 is 47.9. The van der Waals surface area contributed by atoms with Gasteiger partial charge >= 0.3 is 10.2 Å². The number of amides is 1. The Morgan fingerprint density at radius 1 is 1.31 bits per heavy atom. The number of phenols is 1. The Morgan fingerprint density at radius 3 is 2.79 bits per heavy atom. The Labute approximate surface area is 168 Å². The van der Waals surface area contributed by atoms with Gasteiger partial charge in [-0.2, -0.15) is 8.42 Å². The molecule has 29 heavy (non-hydrogen) atoms. The second-order valence-corrected chi connectivity index (χ2v) is 10.0. The van der Waals surface area contributed by atoms with Crippen molar-refractivity contribution in [3.8, 4) is 5.75 Å². The average Bonchev–Trinajstić information content (AvgIpc) is 3.34. The number of rotatable bonds is 4. The first kappa shape index (κ1) is 19.1. The van der Waals surface area contributed by atoms with Crippen molar-refractivity contribution in [1.29, 1.82) is 0 Å². The van der Waals surface area contributed by atoms with E-state index in [4.69, 9.17) is 4.74 Å². The zero-order valence-corrected chi connectivity index (χ0v) is 16.8. The van der Waals surface area contributed by atoms with Crippen LogP contribution < -0.4 is 9.03 Å². The minimum Gasteiger partial charge on any atom is -0.506 e. The fourth-order valence-corrected chi connectivity index (χ4v) is 6.33. The Kier molecular flexibility index (Phi) is 4.48. The van der Waals surface area contributed by atoms with Crippen LogP contribution in [0.25, 0.3) is 0 Å². The number of nitrogens with one attached hydrogen (secondary N) is 1. The van der Waals surface area contributed by atoms with E-state index in [0.717, 1.165) is 38.8 Å². The van der Waals surface area contributed by atoms with Crippen LogP contribution in [0, 0.1) is 11.7 Å². The second-order valence-electron chi connectivity index (χ2n) is 8.42. The van der Waals surface area contributed by atoms with Gasteiger partial charge in [0, 0.05) is 18.7 Å². The van der Waals surface area contributed by atoms with Gasteiger partial charge < -0.3 is 9.84 Å². The van der Waals surface area contributed by atoms with Crippen molar-refractivity contribution in [2.45, 2.75) is 50.9 Å². The quantitative estimate of drug-likeness (QED) is 0.748. The van der Waals surface area contributed by atoms with E-state index in [2.05, 4.69) is 4.90 Å². The van der Waals surface area contributed by atoms with Gasteiger partial charge in [-0.25, -0.2) is 13.4 Å². The Bertz CT molecular complexity index is 969. The van der Waals surface area contributed by atoms with Gasteiger partial charge in [-0.3, -0.25) is 9.69 Å². The lowest BCUT2D eigenvalue weighted by molar-refractivity contribution is -0.117. The van der Waals surface area contributed by atoms with Crippen LogP contribution in [0.4, 0.5) is 10.1 Å². The second kappa shape index (κ2) is 6.82. The normalized spacial score (nSPS) is 30.6. The van der Waals surface area contributed by atoms with Crippen LogP contribution in [0.15, 0.2) is 6.07 Å². The molecule has 3 saturated heterocycles. The first-order valence-corrected chi connectivity index (χ1v) is 11.5. The fraction of sp³-hybridized carbons (Fsp3) is 0.632. The molecule has 4 heterocycles. The van der Waals surface area contributed by atoms with E-state index in [9.17, 15) is 18.3 Å². The summed E-state index contributed by atoms with van der Waals surface area (Å²) in [7, 11) is -4.19. The summed E-state index contributed by atoms with van der Waals surface area (Å²) in [4.78, 5) is 13.7. The summed E-state index contributed by atoms with van der Waals surface area (Å²) >= 11 is 0. The Morgan fingerprint density at radius 2 is 2.14 bits per heavy atom. The molecule has 3 fully saturated rings. The van der Waals surface area contributed by atoms with Crippen molar-refractivity contribution < 1.29 is 27.4 Å². The summed E-state index contributed by atoms with van der Waals surface area (Å²) in [6, 6.07) is 1.42. The molecule has 0 aliphatic carbocycles. The molecule has 1 aromatic rings. The molecule has 4 aliphatic rings. The topological polar surface area (TPSA) is 99.2 Å². The summed E-state index contributed by atoms with van der Waals surface area (Å²) in [5, 5.41) is 10.3. The minimum atomic E-state index is -4.19. The molecular weight excluding hydrogens is 401 g/mol. The molecular formula is C19H24FN3O5S. The maximum atomic E-state index is 15.3. The van der Waals surface area contributed by atoms with Crippen LogP contribution >= 0.6 is 0 Å². The molecule has 2 N–H and O–H groups in total. The molecule has 0 radical (unpaired) electrons. The molecule has 0 aromatic heterocycles. The summed E-state index contributed by atoms with van der Waals surface area (Å²) in [6.45, 7) is 1.40. The van der Waals surface area contributed by atoms with E-state index < -0.39 is 39.9 Å². The SMILES string of the molecule is O=C1CN(c2c(O)cc3c(c2F)CN(CCC2CC4CCC2O4)CC3)S(=O)(=O)N1. The van der Waals surface area contributed by atoms with Crippen LogP contribution in [-0.4, -0.2) is 56.2 Å². The van der Waals surface area contributed by atoms with E-state index >= 15 is 4.39 Å². The molecule has 3 atom stereocenters. The number of ether oxygens (including phenoxy) is 1. The van der Waals surface area contributed by atoms with Crippen molar-refractivity contribution in [3.63, 3.8) is 0 Å². The Hall–Kier alpha value is -1.91. The van der Waals surface area contributed by atoms with E-state index in [1.165, 1.54) is 6.07 Å². The minimum absolute atomic E-state index is 0.353. The van der Waals surface area contributed by atoms with Gasteiger partial charge in [-0.05, 0) is 56.2 Å². The lowest BCUT2D eigenvalue weighted by atomic mass is 9.86. The standard InChI is InChI=1S/C19H24FN3O5S/c20-18-14-9-22(6-4-12-7-13-1-2-16(12)28-13)5-3-11(14)8-15(24)19(18)23-10-17(25)21-29(23,26)27/h8,12-13,16,24H,1-7,9-10H2,(H,21,25). The predicted octanol–water partition coefficient (Wildman–Crippen LogP) is 1.03. The van der Waals surface area contributed by atoms with Gasteiger partial charge in [0.05, 0.1) is 12.2 Å². The van der Waals surface area contributed by atoms with Crippen molar-refractivity contribution >= 4 is 21.8 Å². The number of aromatic hydroxyl groups is 1. The highest BCUT2D eigenvalue weighted by atomic mass is 32.2. The highest BCUT2D eigenvalue weighted by Gasteiger charge is 2.41. The molecule has 0 spiro atoms. The highest BCUT2D eigenvalue weighted by molar-refractivity contribution is 7.92. The third kappa shape index (κ3) is 3.27. The zero-order chi connectivity index (χ0) is 20.3. The van der Waals surface area contributed by atoms with Crippen molar-refractivity contribution in [2.24, 2.45) is 5.92 Å². The van der Waals surface area contributed by atoms with Crippen LogP contribution in [0.5, 0.6) is 5.75 Å². The predicted molar refractivity (Wildman–Crippen MR) is 102 cm³/mol. The molecule has 0 saturated carbocycles. The average molecular weight is 425 g/mol. The van der Waals surface area contributed by atoms with E-state index in [0.29, 0.717) is 46.5 Å². The summed E-state index contributed by atoms with van der Waals surface area (Å²) in [5.74, 6) is -1.43. The molecule has 1 aromatic carbocycles. The first-order valence-electron chi connectivity index (χ1n) is 10.1. The maximum absolute atomic E-state index is 15.3. The monoisotopic (exact) mass is 425 g/mol. The van der Waals surface area contributed by atoms with Gasteiger partial charge in [0.15, 0.2) is 5.82 Å². The molecule has 1 amide bonds. The first-order chi connectivity index (χ1) is 13.8. The lowest BCUT2D eigenvalue weighted by Gasteiger charge is -2.32. The van der Waals surface area contributed by atoms with E-state index in [1.807, 2.05) is 4.72 Å². The smallest absolute Gasteiger partial charge is 0.326 e. The van der Waals surface area contributed by atoms with Crippen LogP contribution in [0.2, 0.25) is 0 Å². The largest absolute Gasteiger partial charge is 0.506 e. The maximum Gasteiger partial charge on any atom is 0.326 e. The van der Waals surface area contributed by atoms with Gasteiger partial charge in [-0.1, -0.05) is 0 Å². The number of hydrogen-bond donors (Lipinski definition) is 2. The van der Waals surface area contributed by atoms with E-state index in [-0.39, 0.29) is 0 Å². The molecule has 3 unspecified atom stereocenters. The number of halogens is 1. The van der Waals surface area contributed by atoms with Gasteiger partial charge in [0.2, 0.25) is 0 Å². The number of phenolic OH excluding ortho intramolecular Hbond substituents is 1. The van der Waals surface area contributed by atoms with Gasteiger partial charge in [0.25, 0.3) is 5.91 Å². The van der Waals surface area contributed by atoms with Gasteiger partial charge in [0.1, 0.15) is 18.0 Å². The molecule has 10 heteroatoms. The molecule has 5 rings (SSSR count). The Balaban J connectivity index is 1.35. The fourth-order valence-electron chi connectivity index (χ4n) is 5.16. The molecule has 4 aliphatic heterocycles. The highest BCUT2D eigenvalue weighted by Crippen LogP contribution is 2.41.